The van der Waals surface area contributed by atoms with Gasteiger partial charge in [-0.1, -0.05) is 53.7 Å². The molecule has 6 nitrogen and oxygen atoms in total. The van der Waals surface area contributed by atoms with Gasteiger partial charge >= 0.3 is 0 Å². The Hall–Kier alpha value is -3.67. The van der Waals surface area contributed by atoms with E-state index in [0.717, 1.165) is 22.0 Å². The number of carbonyl (C=O) groups is 1. The van der Waals surface area contributed by atoms with Crippen LogP contribution < -0.4 is 10.1 Å². The quantitative estimate of drug-likeness (QED) is 0.540. The Kier molecular flexibility index (Phi) is 5.01. The van der Waals surface area contributed by atoms with Crippen LogP contribution in [0.25, 0.3) is 22.2 Å². The second kappa shape index (κ2) is 7.92. The normalized spacial score (nSPS) is 10.8. The first-order valence-electron chi connectivity index (χ1n) is 8.98. The van der Waals surface area contributed by atoms with E-state index < -0.39 is 0 Å². The van der Waals surface area contributed by atoms with Gasteiger partial charge < -0.3 is 14.6 Å². The van der Waals surface area contributed by atoms with Gasteiger partial charge in [-0.15, -0.1) is 0 Å². The second-order valence-electron chi connectivity index (χ2n) is 6.29. The number of rotatable bonds is 6. The van der Waals surface area contributed by atoms with Crippen LogP contribution >= 0.6 is 0 Å². The summed E-state index contributed by atoms with van der Waals surface area (Å²) in [6, 6.07) is 21.2. The molecule has 28 heavy (non-hydrogen) atoms. The first-order chi connectivity index (χ1) is 13.7. The summed E-state index contributed by atoms with van der Waals surface area (Å²) in [4.78, 5) is 16.8. The van der Waals surface area contributed by atoms with Crippen LogP contribution in [0.5, 0.6) is 5.75 Å². The van der Waals surface area contributed by atoms with Crippen molar-refractivity contribution in [1.82, 2.24) is 10.1 Å². The van der Waals surface area contributed by atoms with Crippen molar-refractivity contribution in [2.75, 3.05) is 12.4 Å². The van der Waals surface area contributed by atoms with E-state index in [1.54, 1.807) is 7.11 Å². The number of nitrogens with zero attached hydrogens (tertiary/aromatic N) is 2. The van der Waals surface area contributed by atoms with Crippen LogP contribution in [0.2, 0.25) is 0 Å². The molecular weight excluding hydrogens is 354 g/mol. The molecule has 4 aromatic rings. The summed E-state index contributed by atoms with van der Waals surface area (Å²) < 4.78 is 10.6. The zero-order valence-corrected chi connectivity index (χ0v) is 15.4. The van der Waals surface area contributed by atoms with Gasteiger partial charge in [0.1, 0.15) is 5.75 Å². The average Bonchev–Trinajstić information content (AvgIpc) is 3.21. The first kappa shape index (κ1) is 17.7. The monoisotopic (exact) mass is 373 g/mol. The molecule has 1 heterocycles. The van der Waals surface area contributed by atoms with Crippen LogP contribution in [0, 0.1) is 0 Å². The summed E-state index contributed by atoms with van der Waals surface area (Å²) in [5.74, 6) is 1.42. The number of ether oxygens (including phenoxy) is 1. The number of methoxy groups -OCH3 is 1. The Bertz CT molecular complexity index is 1120. The molecule has 1 amide bonds. The molecule has 0 fully saturated rings. The molecule has 0 atom stereocenters. The molecular formula is C22H19N3O3. The number of fused-ring (bicyclic) bond motifs is 1. The minimum absolute atomic E-state index is 0.103. The van der Waals surface area contributed by atoms with Crippen molar-refractivity contribution in [2.24, 2.45) is 0 Å². The fourth-order valence-electron chi connectivity index (χ4n) is 3.06. The summed E-state index contributed by atoms with van der Waals surface area (Å²) in [5, 5.41) is 9.05. The van der Waals surface area contributed by atoms with Crippen molar-refractivity contribution < 1.29 is 14.1 Å². The van der Waals surface area contributed by atoms with Crippen molar-refractivity contribution in [3.05, 3.63) is 72.6 Å². The van der Waals surface area contributed by atoms with Crippen molar-refractivity contribution in [2.45, 2.75) is 12.8 Å². The number of para-hydroxylation sites is 1. The number of hydrogen-bond acceptors (Lipinski definition) is 5. The highest BCUT2D eigenvalue weighted by Gasteiger charge is 2.14. The lowest BCUT2D eigenvalue weighted by Crippen LogP contribution is -2.12. The molecule has 0 aliphatic heterocycles. The van der Waals surface area contributed by atoms with E-state index in [2.05, 4.69) is 15.5 Å². The number of amides is 1. The standard InChI is InChI=1S/C22H19N3O3/c1-27-19-12-5-4-10-17(19)22-24-21(28-25-22)14-13-20(26)23-18-11-6-8-15-7-2-3-9-16(15)18/h2-12H,13-14H2,1H3,(H,23,26). The van der Waals surface area contributed by atoms with Gasteiger partial charge in [-0.3, -0.25) is 4.79 Å². The van der Waals surface area contributed by atoms with Gasteiger partial charge in [0.05, 0.1) is 12.7 Å². The van der Waals surface area contributed by atoms with E-state index in [1.807, 2.05) is 66.7 Å². The summed E-state index contributed by atoms with van der Waals surface area (Å²) in [6.07, 6.45) is 0.607. The van der Waals surface area contributed by atoms with Gasteiger partial charge in [-0.2, -0.15) is 4.98 Å². The Morgan fingerprint density at radius 1 is 1.04 bits per heavy atom. The number of hydrogen-bond donors (Lipinski definition) is 1. The van der Waals surface area contributed by atoms with Gasteiger partial charge in [-0.05, 0) is 23.6 Å². The number of anilines is 1. The summed E-state index contributed by atoms with van der Waals surface area (Å²) in [6.45, 7) is 0. The Labute approximate surface area is 162 Å². The number of aryl methyl sites for hydroxylation is 1. The highest BCUT2D eigenvalue weighted by Crippen LogP contribution is 2.27. The second-order valence-corrected chi connectivity index (χ2v) is 6.29. The smallest absolute Gasteiger partial charge is 0.227 e. The Balaban J connectivity index is 1.42. The predicted octanol–water partition coefficient (Wildman–Crippen LogP) is 4.47. The third-order valence-electron chi connectivity index (χ3n) is 4.45. The number of carbonyl (C=O) groups excluding carboxylic acids is 1. The number of nitrogens with one attached hydrogen (secondary N) is 1. The molecule has 1 N–H and O–H groups in total. The Morgan fingerprint density at radius 2 is 1.82 bits per heavy atom. The largest absolute Gasteiger partial charge is 0.496 e. The van der Waals surface area contributed by atoms with Crippen LogP contribution in [0.1, 0.15) is 12.3 Å². The third-order valence-corrected chi connectivity index (χ3v) is 4.45. The zero-order chi connectivity index (χ0) is 19.3. The Morgan fingerprint density at radius 3 is 2.71 bits per heavy atom. The lowest BCUT2D eigenvalue weighted by Gasteiger charge is -2.08. The summed E-state index contributed by atoms with van der Waals surface area (Å²) in [5.41, 5.74) is 1.54. The summed E-state index contributed by atoms with van der Waals surface area (Å²) in [7, 11) is 1.59. The molecule has 0 aliphatic rings. The maximum atomic E-state index is 12.4. The van der Waals surface area contributed by atoms with E-state index in [9.17, 15) is 4.79 Å². The molecule has 1 aromatic heterocycles. The van der Waals surface area contributed by atoms with Gasteiger partial charge in [0.15, 0.2) is 0 Å². The number of aromatic nitrogens is 2. The molecule has 4 rings (SSSR count). The topological polar surface area (TPSA) is 77.2 Å². The predicted molar refractivity (Wildman–Crippen MR) is 107 cm³/mol. The maximum absolute atomic E-state index is 12.4. The summed E-state index contributed by atoms with van der Waals surface area (Å²) >= 11 is 0. The molecule has 0 aliphatic carbocycles. The fraction of sp³-hybridized carbons (Fsp3) is 0.136. The van der Waals surface area contributed by atoms with Gasteiger partial charge in [-0.25, -0.2) is 0 Å². The van der Waals surface area contributed by atoms with E-state index >= 15 is 0 Å². The molecule has 0 radical (unpaired) electrons. The molecule has 0 unspecified atom stereocenters. The molecule has 0 saturated heterocycles. The minimum atomic E-state index is -0.103. The van der Waals surface area contributed by atoms with Crippen LogP contribution in [-0.2, 0) is 11.2 Å². The molecule has 0 bridgehead atoms. The lowest BCUT2D eigenvalue weighted by molar-refractivity contribution is -0.116. The molecule has 3 aromatic carbocycles. The van der Waals surface area contributed by atoms with Gasteiger partial charge in [0.2, 0.25) is 17.6 Å². The van der Waals surface area contributed by atoms with Gasteiger partial charge in [0.25, 0.3) is 0 Å². The average molecular weight is 373 g/mol. The van der Waals surface area contributed by atoms with Crippen LogP contribution in [-0.4, -0.2) is 23.2 Å². The van der Waals surface area contributed by atoms with Gasteiger partial charge in [0, 0.05) is 23.9 Å². The van der Waals surface area contributed by atoms with E-state index in [-0.39, 0.29) is 12.3 Å². The molecule has 0 spiro atoms. The van der Waals surface area contributed by atoms with Crippen molar-refractivity contribution in [3.8, 4) is 17.1 Å². The lowest BCUT2D eigenvalue weighted by atomic mass is 10.1. The van der Waals surface area contributed by atoms with Crippen molar-refractivity contribution in [3.63, 3.8) is 0 Å². The number of benzene rings is 3. The maximum Gasteiger partial charge on any atom is 0.227 e. The minimum Gasteiger partial charge on any atom is -0.496 e. The van der Waals surface area contributed by atoms with E-state index in [4.69, 9.17) is 9.26 Å². The van der Waals surface area contributed by atoms with Crippen LogP contribution in [0.15, 0.2) is 71.3 Å². The third kappa shape index (κ3) is 3.71. The molecule has 140 valence electrons. The van der Waals surface area contributed by atoms with Crippen LogP contribution in [0.4, 0.5) is 5.69 Å². The fourth-order valence-corrected chi connectivity index (χ4v) is 3.06. The van der Waals surface area contributed by atoms with Crippen molar-refractivity contribution >= 4 is 22.4 Å². The SMILES string of the molecule is COc1ccccc1-c1noc(CCC(=O)Nc2cccc3ccccc23)n1. The molecule has 0 saturated carbocycles. The van der Waals surface area contributed by atoms with E-state index in [1.165, 1.54) is 0 Å². The highest BCUT2D eigenvalue weighted by molar-refractivity contribution is 6.02. The zero-order valence-electron chi connectivity index (χ0n) is 15.4. The molecule has 6 heteroatoms. The van der Waals surface area contributed by atoms with E-state index in [0.29, 0.717) is 23.9 Å². The highest BCUT2D eigenvalue weighted by atomic mass is 16.5. The first-order valence-corrected chi connectivity index (χ1v) is 8.98. The van der Waals surface area contributed by atoms with Crippen LogP contribution in [0.3, 0.4) is 0 Å². The van der Waals surface area contributed by atoms with Crippen molar-refractivity contribution in [1.29, 1.82) is 0 Å².